The van der Waals surface area contributed by atoms with Gasteiger partial charge in [0.1, 0.15) is 0 Å². The number of nitrogens with zero attached hydrogens (tertiary/aromatic N) is 2. The smallest absolute Gasteiger partial charge is 0.0544 e. The Balaban J connectivity index is 1.76. The lowest BCUT2D eigenvalue weighted by Crippen LogP contribution is -2.37. The van der Waals surface area contributed by atoms with E-state index in [0.717, 1.165) is 30.5 Å². The molecular weight excluding hydrogens is 210 g/mol. The summed E-state index contributed by atoms with van der Waals surface area (Å²) in [5.74, 6) is 0. The minimum Gasteiger partial charge on any atom is -0.310 e. The summed E-state index contributed by atoms with van der Waals surface area (Å²) < 4.78 is 0. The summed E-state index contributed by atoms with van der Waals surface area (Å²) in [6.45, 7) is 8.71. The van der Waals surface area contributed by atoms with Gasteiger partial charge >= 0.3 is 0 Å². The fraction of sp³-hybridized carbons (Fsp3) is 0.643. The molecule has 1 aromatic rings. The molecule has 0 bridgehead atoms. The highest BCUT2D eigenvalue weighted by Gasteiger charge is 2.21. The van der Waals surface area contributed by atoms with Crippen molar-refractivity contribution in [1.29, 1.82) is 0 Å². The Morgan fingerprint density at radius 3 is 3.12 bits per heavy atom. The Morgan fingerprint density at radius 2 is 2.35 bits per heavy atom. The number of likely N-dealkylation sites (tertiary alicyclic amines) is 1. The minimum absolute atomic E-state index is 0.727. The van der Waals surface area contributed by atoms with E-state index in [4.69, 9.17) is 0 Å². The highest BCUT2D eigenvalue weighted by molar-refractivity contribution is 5.09. The van der Waals surface area contributed by atoms with Crippen molar-refractivity contribution in [2.75, 3.05) is 19.6 Å². The molecule has 3 nitrogen and oxygen atoms in total. The van der Waals surface area contributed by atoms with E-state index < -0.39 is 0 Å². The van der Waals surface area contributed by atoms with Gasteiger partial charge in [0.2, 0.25) is 0 Å². The summed E-state index contributed by atoms with van der Waals surface area (Å²) in [6.07, 6.45) is 2.69. The molecule has 1 atom stereocenters. The van der Waals surface area contributed by atoms with Crippen molar-refractivity contribution in [2.45, 2.75) is 39.3 Å². The number of pyridine rings is 1. The van der Waals surface area contributed by atoms with Gasteiger partial charge in [-0.15, -0.1) is 0 Å². The van der Waals surface area contributed by atoms with Crippen LogP contribution in [0.5, 0.6) is 0 Å². The first kappa shape index (κ1) is 12.5. The van der Waals surface area contributed by atoms with Crippen molar-refractivity contribution in [3.05, 3.63) is 29.6 Å². The van der Waals surface area contributed by atoms with E-state index in [-0.39, 0.29) is 0 Å². The molecule has 0 aliphatic carbocycles. The molecule has 1 unspecified atom stereocenters. The fourth-order valence-electron chi connectivity index (χ4n) is 2.61. The van der Waals surface area contributed by atoms with Crippen molar-refractivity contribution in [3.63, 3.8) is 0 Å². The summed E-state index contributed by atoms with van der Waals surface area (Å²) in [5.41, 5.74) is 2.24. The Hall–Kier alpha value is -0.930. The Kier molecular flexibility index (Phi) is 4.51. The second-order valence-corrected chi connectivity index (χ2v) is 4.83. The predicted octanol–water partition coefficient (Wildman–Crippen LogP) is 1.96. The number of aryl methyl sites for hydroxylation is 1. The monoisotopic (exact) mass is 233 g/mol. The van der Waals surface area contributed by atoms with Crippen LogP contribution in [0.4, 0.5) is 0 Å². The normalized spacial score (nSPS) is 20.9. The lowest BCUT2D eigenvalue weighted by atomic mass is 10.2. The van der Waals surface area contributed by atoms with E-state index in [0.29, 0.717) is 0 Å². The van der Waals surface area contributed by atoms with E-state index in [1.165, 1.54) is 25.9 Å². The van der Waals surface area contributed by atoms with Crippen LogP contribution in [0.15, 0.2) is 18.2 Å². The SMILES string of the molecule is CCN1CCCC1CNCc1cccc(C)n1. The molecule has 0 saturated carbocycles. The van der Waals surface area contributed by atoms with Crippen LogP contribution in [0.2, 0.25) is 0 Å². The first-order valence-corrected chi connectivity index (χ1v) is 6.67. The first-order valence-electron chi connectivity index (χ1n) is 6.67. The quantitative estimate of drug-likeness (QED) is 0.842. The molecule has 94 valence electrons. The standard InChI is InChI=1S/C14H23N3/c1-3-17-9-5-8-14(17)11-15-10-13-7-4-6-12(2)16-13/h4,6-7,14-15H,3,5,8-11H2,1-2H3. The van der Waals surface area contributed by atoms with Gasteiger partial charge < -0.3 is 5.32 Å². The van der Waals surface area contributed by atoms with Gasteiger partial charge in [0.15, 0.2) is 0 Å². The van der Waals surface area contributed by atoms with Gasteiger partial charge in [-0.2, -0.15) is 0 Å². The van der Waals surface area contributed by atoms with E-state index >= 15 is 0 Å². The van der Waals surface area contributed by atoms with Crippen molar-refractivity contribution in [1.82, 2.24) is 15.2 Å². The number of hydrogen-bond donors (Lipinski definition) is 1. The minimum atomic E-state index is 0.727. The zero-order valence-electron chi connectivity index (χ0n) is 10.9. The van der Waals surface area contributed by atoms with Crippen LogP contribution in [0.3, 0.4) is 0 Å². The lowest BCUT2D eigenvalue weighted by Gasteiger charge is -2.22. The third-order valence-corrected chi connectivity index (χ3v) is 3.54. The van der Waals surface area contributed by atoms with E-state index in [9.17, 15) is 0 Å². The van der Waals surface area contributed by atoms with Crippen LogP contribution in [-0.4, -0.2) is 35.6 Å². The van der Waals surface area contributed by atoms with E-state index in [1.54, 1.807) is 0 Å². The predicted molar refractivity (Wildman–Crippen MR) is 70.9 cm³/mol. The van der Waals surface area contributed by atoms with E-state index in [1.807, 2.05) is 13.0 Å². The lowest BCUT2D eigenvalue weighted by molar-refractivity contribution is 0.259. The van der Waals surface area contributed by atoms with Gasteiger partial charge in [-0.1, -0.05) is 13.0 Å². The van der Waals surface area contributed by atoms with Crippen LogP contribution in [-0.2, 0) is 6.54 Å². The zero-order chi connectivity index (χ0) is 12.1. The van der Waals surface area contributed by atoms with Crippen LogP contribution in [0, 0.1) is 6.92 Å². The zero-order valence-corrected chi connectivity index (χ0v) is 10.9. The molecule has 1 saturated heterocycles. The van der Waals surface area contributed by atoms with Crippen molar-refractivity contribution >= 4 is 0 Å². The molecule has 1 N–H and O–H groups in total. The average molecular weight is 233 g/mol. The van der Waals surface area contributed by atoms with Crippen molar-refractivity contribution in [2.24, 2.45) is 0 Å². The largest absolute Gasteiger partial charge is 0.310 e. The molecule has 1 aliphatic heterocycles. The van der Waals surface area contributed by atoms with Crippen molar-refractivity contribution < 1.29 is 0 Å². The number of nitrogens with one attached hydrogen (secondary N) is 1. The van der Waals surface area contributed by atoms with Gasteiger partial charge in [-0.05, 0) is 45.0 Å². The van der Waals surface area contributed by atoms with Crippen LogP contribution in [0.25, 0.3) is 0 Å². The highest BCUT2D eigenvalue weighted by Crippen LogP contribution is 2.15. The molecule has 2 heterocycles. The van der Waals surface area contributed by atoms with Gasteiger partial charge in [0, 0.05) is 24.8 Å². The maximum atomic E-state index is 4.50. The molecule has 0 aromatic carbocycles. The Bertz CT molecular complexity index is 351. The van der Waals surface area contributed by atoms with E-state index in [2.05, 4.69) is 34.3 Å². The number of rotatable bonds is 5. The third-order valence-electron chi connectivity index (χ3n) is 3.54. The second-order valence-electron chi connectivity index (χ2n) is 4.83. The molecular formula is C14H23N3. The summed E-state index contributed by atoms with van der Waals surface area (Å²) >= 11 is 0. The maximum Gasteiger partial charge on any atom is 0.0544 e. The molecule has 0 spiro atoms. The van der Waals surface area contributed by atoms with Gasteiger partial charge in [-0.25, -0.2) is 0 Å². The first-order chi connectivity index (χ1) is 8.29. The fourth-order valence-corrected chi connectivity index (χ4v) is 2.61. The maximum absolute atomic E-state index is 4.50. The summed E-state index contributed by atoms with van der Waals surface area (Å²) in [7, 11) is 0. The summed E-state index contributed by atoms with van der Waals surface area (Å²) in [6, 6.07) is 6.93. The molecule has 0 radical (unpaired) electrons. The second kappa shape index (κ2) is 6.12. The van der Waals surface area contributed by atoms with Crippen LogP contribution < -0.4 is 5.32 Å². The van der Waals surface area contributed by atoms with Crippen molar-refractivity contribution in [3.8, 4) is 0 Å². The number of likely N-dealkylation sites (N-methyl/N-ethyl adjacent to an activating group) is 1. The summed E-state index contributed by atoms with van der Waals surface area (Å²) in [4.78, 5) is 7.07. The third kappa shape index (κ3) is 3.51. The molecule has 1 aliphatic rings. The molecule has 17 heavy (non-hydrogen) atoms. The molecule has 1 fully saturated rings. The van der Waals surface area contributed by atoms with Crippen LogP contribution in [0.1, 0.15) is 31.2 Å². The number of hydrogen-bond acceptors (Lipinski definition) is 3. The molecule has 0 amide bonds. The molecule has 1 aromatic heterocycles. The Morgan fingerprint density at radius 1 is 1.47 bits per heavy atom. The molecule has 2 rings (SSSR count). The number of aromatic nitrogens is 1. The van der Waals surface area contributed by atoms with Gasteiger partial charge in [0.25, 0.3) is 0 Å². The van der Waals surface area contributed by atoms with Crippen LogP contribution >= 0.6 is 0 Å². The van der Waals surface area contributed by atoms with Gasteiger partial charge in [0.05, 0.1) is 5.69 Å². The highest BCUT2D eigenvalue weighted by atomic mass is 15.2. The Labute approximate surface area is 104 Å². The molecule has 3 heteroatoms. The average Bonchev–Trinajstić information content (AvgIpc) is 2.77. The van der Waals surface area contributed by atoms with Gasteiger partial charge in [-0.3, -0.25) is 9.88 Å². The topological polar surface area (TPSA) is 28.2 Å². The summed E-state index contributed by atoms with van der Waals surface area (Å²) in [5, 5.41) is 3.53.